The first-order valence-electron chi connectivity index (χ1n) is 14.1. The molecule has 216 valence electrons. The molecule has 4 heterocycles. The Balaban J connectivity index is 1.49. The Morgan fingerprint density at radius 1 is 1.03 bits per heavy atom. The minimum Gasteiger partial charge on any atom is -0.456 e. The molecule has 0 aromatic rings. The zero-order chi connectivity index (χ0) is 27.9. The molecule has 0 radical (unpaired) electrons. The predicted octanol–water partition coefficient (Wildman–Crippen LogP) is 4.08. The number of fused-ring (bicyclic) bond motifs is 4. The third-order valence-corrected chi connectivity index (χ3v) is 7.75. The summed E-state index contributed by atoms with van der Waals surface area (Å²) in [6.45, 7) is 8.34. The van der Waals surface area contributed by atoms with Crippen LogP contribution in [0.5, 0.6) is 0 Å². The maximum atomic E-state index is 12.7. The second kappa shape index (κ2) is 14.0. The van der Waals surface area contributed by atoms with Gasteiger partial charge in [0.05, 0.1) is 30.5 Å². The van der Waals surface area contributed by atoms with E-state index in [4.69, 9.17) is 23.7 Å². The molecule has 1 fully saturated rings. The summed E-state index contributed by atoms with van der Waals surface area (Å²) in [5.41, 5.74) is 2.03. The van der Waals surface area contributed by atoms with Crippen LogP contribution in [-0.2, 0) is 28.5 Å². The van der Waals surface area contributed by atoms with Gasteiger partial charge in [-0.1, -0.05) is 55.0 Å². The summed E-state index contributed by atoms with van der Waals surface area (Å²) in [5.74, 6) is -0.160. The summed E-state index contributed by atoms with van der Waals surface area (Å²) in [7, 11) is 1.59. The molecule has 2 N–H and O–H groups in total. The molecule has 0 aromatic heterocycles. The largest absolute Gasteiger partial charge is 0.456 e. The van der Waals surface area contributed by atoms with Gasteiger partial charge in [0.25, 0.3) is 0 Å². The Morgan fingerprint density at radius 3 is 2.64 bits per heavy atom. The van der Waals surface area contributed by atoms with Crippen LogP contribution in [-0.4, -0.2) is 78.4 Å². The van der Waals surface area contributed by atoms with Crippen LogP contribution < -0.4 is 0 Å². The number of ether oxygens (including phenoxy) is 5. The quantitative estimate of drug-likeness (QED) is 0.405. The first-order valence-corrected chi connectivity index (χ1v) is 14.1. The molecule has 4 aliphatic rings. The van der Waals surface area contributed by atoms with Crippen molar-refractivity contribution in [2.24, 2.45) is 5.92 Å². The van der Waals surface area contributed by atoms with E-state index >= 15 is 0 Å². The standard InChI is InChI=1S/C31H44O8/c1-19-13-20(2)16-25(32)31(34)28-18-27(26(38-28)12-11-24-15-21(3)17-30(35-4)37-24)39-29(33)10-6-8-22-7-5-9-23(14-19)36-22/h5-7,10-12,17,19,22-28,30-32,34H,2,8-9,13-16,18H2,1,3-4H3/b10-6-,12-11+/t19-,22-,23-,24+,25-,26-,27-,28+,30?,31-/m0/s1. The second-order valence-corrected chi connectivity index (χ2v) is 11.4. The Hall–Kier alpha value is -2.07. The van der Waals surface area contributed by atoms with Crippen molar-refractivity contribution in [3.8, 4) is 0 Å². The van der Waals surface area contributed by atoms with Crippen molar-refractivity contribution in [3.05, 3.63) is 60.3 Å². The minimum absolute atomic E-state index is 0.0853. The molecule has 4 aliphatic heterocycles. The van der Waals surface area contributed by atoms with Gasteiger partial charge in [-0.3, -0.25) is 0 Å². The van der Waals surface area contributed by atoms with E-state index in [2.05, 4.69) is 19.6 Å². The van der Waals surface area contributed by atoms with Crippen LogP contribution in [0.15, 0.2) is 60.3 Å². The second-order valence-electron chi connectivity index (χ2n) is 11.4. The van der Waals surface area contributed by atoms with Gasteiger partial charge in [-0.05, 0) is 57.4 Å². The molecule has 10 atom stereocenters. The van der Waals surface area contributed by atoms with Crippen LogP contribution >= 0.6 is 0 Å². The third kappa shape index (κ3) is 8.71. The fourth-order valence-electron chi connectivity index (χ4n) is 5.84. The number of carbonyl (C=O) groups excluding carboxylic acids is 1. The maximum absolute atomic E-state index is 12.7. The van der Waals surface area contributed by atoms with Crippen LogP contribution in [0.1, 0.15) is 58.8 Å². The summed E-state index contributed by atoms with van der Waals surface area (Å²) in [6, 6.07) is 0. The van der Waals surface area contributed by atoms with E-state index in [9.17, 15) is 15.0 Å². The Morgan fingerprint density at radius 2 is 1.85 bits per heavy atom. The lowest BCUT2D eigenvalue weighted by Gasteiger charge is -2.28. The number of methoxy groups -OCH3 is 1. The van der Waals surface area contributed by atoms with Crippen LogP contribution in [0.3, 0.4) is 0 Å². The molecule has 0 amide bonds. The summed E-state index contributed by atoms with van der Waals surface area (Å²) < 4.78 is 29.4. The van der Waals surface area contributed by atoms with E-state index in [0.717, 1.165) is 30.4 Å². The number of rotatable bonds is 3. The molecule has 1 saturated heterocycles. The maximum Gasteiger partial charge on any atom is 0.330 e. The van der Waals surface area contributed by atoms with Crippen LogP contribution in [0, 0.1) is 5.92 Å². The molecular weight excluding hydrogens is 500 g/mol. The third-order valence-electron chi connectivity index (χ3n) is 7.75. The summed E-state index contributed by atoms with van der Waals surface area (Å²) in [5, 5.41) is 21.8. The zero-order valence-electron chi connectivity index (χ0n) is 23.3. The molecule has 4 rings (SSSR count). The Kier molecular flexibility index (Phi) is 10.7. The molecule has 0 spiro atoms. The van der Waals surface area contributed by atoms with Crippen molar-refractivity contribution in [1.82, 2.24) is 0 Å². The first-order chi connectivity index (χ1) is 18.7. The van der Waals surface area contributed by atoms with Crippen molar-refractivity contribution in [2.75, 3.05) is 7.11 Å². The van der Waals surface area contributed by atoms with Gasteiger partial charge in [0, 0.05) is 19.6 Å². The van der Waals surface area contributed by atoms with Crippen LogP contribution in [0.2, 0.25) is 0 Å². The van der Waals surface area contributed by atoms with Crippen LogP contribution in [0.25, 0.3) is 0 Å². The average molecular weight is 545 g/mol. The van der Waals surface area contributed by atoms with Gasteiger partial charge in [-0.15, -0.1) is 0 Å². The molecule has 0 saturated carbocycles. The van der Waals surface area contributed by atoms with E-state index in [1.54, 1.807) is 13.2 Å². The van der Waals surface area contributed by atoms with E-state index in [0.29, 0.717) is 18.8 Å². The lowest BCUT2D eigenvalue weighted by molar-refractivity contribution is -0.144. The molecule has 8 nitrogen and oxygen atoms in total. The van der Waals surface area contributed by atoms with Gasteiger partial charge in [0.1, 0.15) is 18.3 Å². The molecule has 0 aromatic carbocycles. The number of hydrogen-bond acceptors (Lipinski definition) is 8. The fraction of sp³-hybridized carbons (Fsp3) is 0.645. The molecule has 39 heavy (non-hydrogen) atoms. The number of aliphatic hydroxyl groups is 2. The van der Waals surface area contributed by atoms with Gasteiger partial charge in [-0.25, -0.2) is 4.79 Å². The fourth-order valence-corrected chi connectivity index (χ4v) is 5.84. The summed E-state index contributed by atoms with van der Waals surface area (Å²) in [6.07, 6.45) is 12.6. The van der Waals surface area contributed by atoms with Gasteiger partial charge < -0.3 is 33.9 Å². The van der Waals surface area contributed by atoms with Crippen molar-refractivity contribution >= 4 is 5.97 Å². The highest BCUT2D eigenvalue weighted by Gasteiger charge is 2.42. The first kappa shape index (κ1) is 29.9. The number of hydrogen-bond donors (Lipinski definition) is 2. The van der Waals surface area contributed by atoms with E-state index in [1.807, 2.05) is 31.2 Å². The van der Waals surface area contributed by atoms with Crippen LogP contribution in [0.4, 0.5) is 0 Å². The zero-order valence-corrected chi connectivity index (χ0v) is 23.3. The highest BCUT2D eigenvalue weighted by Crippen LogP contribution is 2.31. The predicted molar refractivity (Wildman–Crippen MR) is 147 cm³/mol. The van der Waals surface area contributed by atoms with Gasteiger partial charge in [-0.2, -0.15) is 0 Å². The van der Waals surface area contributed by atoms with Gasteiger partial charge in [0.2, 0.25) is 0 Å². The lowest BCUT2D eigenvalue weighted by Crippen LogP contribution is -2.37. The normalized spacial score (nSPS) is 41.5. The molecule has 0 aliphatic carbocycles. The molecular formula is C31H44O8. The summed E-state index contributed by atoms with van der Waals surface area (Å²) in [4.78, 5) is 12.7. The van der Waals surface area contributed by atoms with Crippen molar-refractivity contribution in [2.45, 2.75) is 114 Å². The van der Waals surface area contributed by atoms with Gasteiger partial charge >= 0.3 is 5.97 Å². The molecule has 1 unspecified atom stereocenters. The minimum atomic E-state index is -1.15. The monoisotopic (exact) mass is 544 g/mol. The molecule has 4 bridgehead atoms. The van der Waals surface area contributed by atoms with Crippen molar-refractivity contribution in [1.29, 1.82) is 0 Å². The van der Waals surface area contributed by atoms with Gasteiger partial charge in [0.15, 0.2) is 6.29 Å². The topological polar surface area (TPSA) is 104 Å². The smallest absolute Gasteiger partial charge is 0.330 e. The highest BCUT2D eigenvalue weighted by molar-refractivity contribution is 5.82. The average Bonchev–Trinajstić information content (AvgIpc) is 3.28. The van der Waals surface area contributed by atoms with E-state index < -0.39 is 42.8 Å². The number of carbonyl (C=O) groups is 1. The van der Waals surface area contributed by atoms with E-state index in [1.165, 1.54) is 6.08 Å². The van der Waals surface area contributed by atoms with E-state index in [-0.39, 0.29) is 31.2 Å². The highest BCUT2D eigenvalue weighted by atomic mass is 16.7. The van der Waals surface area contributed by atoms with Crippen molar-refractivity contribution in [3.63, 3.8) is 0 Å². The summed E-state index contributed by atoms with van der Waals surface area (Å²) >= 11 is 0. The van der Waals surface area contributed by atoms with Crippen molar-refractivity contribution < 1.29 is 38.7 Å². The Bertz CT molecular complexity index is 968. The molecule has 8 heteroatoms. The number of aliphatic hydroxyl groups excluding tert-OH is 2. The lowest BCUT2D eigenvalue weighted by atomic mass is 9.90. The Labute approximate surface area is 232 Å². The SMILES string of the molecule is C=C1C[C@H](C)C[C@@H]2CC=C[C@@H](C/C=C\C(=O)O[C@H]3C[C@@H](O[C@H]3/C=C/[C@@H]3CC(C)=CC(OC)O3)[C@@H](O)[C@@H](O)C1)O2. The number of esters is 1.